The summed E-state index contributed by atoms with van der Waals surface area (Å²) >= 11 is 5.71. The number of nitro benzene ring substituents is 1. The third kappa shape index (κ3) is 4.35. The number of halogens is 1. The Labute approximate surface area is 158 Å². The van der Waals surface area contributed by atoms with Gasteiger partial charge in [-0.1, -0.05) is 11.6 Å². The molecule has 0 radical (unpaired) electrons. The van der Waals surface area contributed by atoms with Crippen LogP contribution in [0.1, 0.15) is 27.1 Å². The molecule has 0 saturated carbocycles. The van der Waals surface area contributed by atoms with Gasteiger partial charge >= 0.3 is 5.97 Å². The summed E-state index contributed by atoms with van der Waals surface area (Å²) in [4.78, 5) is 34.7. The van der Waals surface area contributed by atoms with Gasteiger partial charge in [0.1, 0.15) is 5.56 Å². The van der Waals surface area contributed by atoms with Crippen LogP contribution in [0.5, 0.6) is 11.5 Å². The Bertz CT molecular complexity index is 913. The number of benzene rings is 2. The zero-order chi connectivity index (χ0) is 19.4. The number of nitro groups is 1. The van der Waals surface area contributed by atoms with Gasteiger partial charge in [0.15, 0.2) is 23.9 Å². The lowest BCUT2D eigenvalue weighted by molar-refractivity contribution is -0.385. The predicted molar refractivity (Wildman–Crippen MR) is 94.8 cm³/mol. The first-order valence-electron chi connectivity index (χ1n) is 7.99. The summed E-state index contributed by atoms with van der Waals surface area (Å²) in [6, 6.07) is 8.22. The van der Waals surface area contributed by atoms with Crippen molar-refractivity contribution in [2.24, 2.45) is 0 Å². The minimum atomic E-state index is -0.985. The number of nitrogens with zero attached hydrogens (tertiary/aromatic N) is 1. The lowest BCUT2D eigenvalue weighted by atomic mass is 10.1. The van der Waals surface area contributed by atoms with E-state index in [-0.39, 0.29) is 16.1 Å². The highest BCUT2D eigenvalue weighted by molar-refractivity contribution is 6.31. The number of fused-ring (bicyclic) bond motifs is 1. The van der Waals surface area contributed by atoms with Crippen molar-refractivity contribution in [1.82, 2.24) is 0 Å². The molecule has 2 aromatic carbocycles. The molecule has 0 N–H and O–H groups in total. The largest absolute Gasteiger partial charge is 0.490 e. The van der Waals surface area contributed by atoms with E-state index in [4.69, 9.17) is 25.8 Å². The summed E-state index contributed by atoms with van der Waals surface area (Å²) in [7, 11) is 0. The smallest absolute Gasteiger partial charge is 0.345 e. The van der Waals surface area contributed by atoms with Crippen LogP contribution in [-0.4, -0.2) is 36.5 Å². The Morgan fingerprint density at radius 3 is 2.59 bits per heavy atom. The van der Waals surface area contributed by atoms with Crippen molar-refractivity contribution >= 4 is 29.0 Å². The number of rotatable bonds is 5. The van der Waals surface area contributed by atoms with Gasteiger partial charge in [-0.25, -0.2) is 4.79 Å². The van der Waals surface area contributed by atoms with Crippen LogP contribution in [0.3, 0.4) is 0 Å². The summed E-state index contributed by atoms with van der Waals surface area (Å²) < 4.78 is 15.9. The zero-order valence-corrected chi connectivity index (χ0v) is 14.7. The van der Waals surface area contributed by atoms with Gasteiger partial charge in [-0.2, -0.15) is 0 Å². The van der Waals surface area contributed by atoms with Gasteiger partial charge in [0.25, 0.3) is 5.69 Å². The zero-order valence-electron chi connectivity index (χ0n) is 14.0. The standard InChI is InChI=1S/C18H14ClNO7/c19-12-3-4-13(14(9-12)20(23)24)18(22)27-10-15(21)11-2-5-16-17(8-11)26-7-1-6-25-16/h2-5,8-9H,1,6-7,10H2. The van der Waals surface area contributed by atoms with E-state index in [1.54, 1.807) is 6.07 Å². The number of ketones is 1. The Kier molecular flexibility index (Phi) is 5.56. The quantitative estimate of drug-likeness (QED) is 0.332. The van der Waals surface area contributed by atoms with E-state index >= 15 is 0 Å². The van der Waals surface area contributed by atoms with E-state index in [2.05, 4.69) is 0 Å². The van der Waals surface area contributed by atoms with Crippen LogP contribution in [0, 0.1) is 10.1 Å². The summed E-state index contributed by atoms with van der Waals surface area (Å²) in [5, 5.41) is 11.2. The van der Waals surface area contributed by atoms with E-state index < -0.39 is 29.0 Å². The molecule has 0 unspecified atom stereocenters. The molecule has 2 aromatic rings. The molecule has 1 aliphatic heterocycles. The van der Waals surface area contributed by atoms with Crippen molar-refractivity contribution in [3.8, 4) is 11.5 Å². The highest BCUT2D eigenvalue weighted by Crippen LogP contribution is 2.30. The van der Waals surface area contributed by atoms with Crippen molar-refractivity contribution in [2.75, 3.05) is 19.8 Å². The molecule has 27 heavy (non-hydrogen) atoms. The summed E-state index contributed by atoms with van der Waals surface area (Å²) in [5.74, 6) is -0.479. The first-order valence-corrected chi connectivity index (χ1v) is 8.37. The molecule has 0 saturated heterocycles. The third-order valence-corrected chi connectivity index (χ3v) is 4.02. The average molecular weight is 392 g/mol. The van der Waals surface area contributed by atoms with Crippen molar-refractivity contribution in [3.05, 3.63) is 62.7 Å². The number of Topliss-reactive ketones (excluding diaryl/α,β-unsaturated/α-hetero) is 1. The number of ether oxygens (including phenoxy) is 3. The summed E-state index contributed by atoms with van der Waals surface area (Å²) in [6.45, 7) is 0.426. The lowest BCUT2D eigenvalue weighted by Crippen LogP contribution is -2.15. The predicted octanol–water partition coefficient (Wildman–Crippen LogP) is 3.45. The number of hydrogen-bond acceptors (Lipinski definition) is 7. The van der Waals surface area contributed by atoms with Crippen LogP contribution >= 0.6 is 11.6 Å². The van der Waals surface area contributed by atoms with Gasteiger partial charge in [0.05, 0.1) is 18.1 Å². The van der Waals surface area contributed by atoms with Crippen LogP contribution in [-0.2, 0) is 4.74 Å². The van der Waals surface area contributed by atoms with Gasteiger partial charge in [-0.15, -0.1) is 0 Å². The van der Waals surface area contributed by atoms with Gasteiger partial charge in [-0.3, -0.25) is 14.9 Å². The second kappa shape index (κ2) is 8.05. The molecule has 0 atom stereocenters. The van der Waals surface area contributed by atoms with Gasteiger partial charge < -0.3 is 14.2 Å². The highest BCUT2D eigenvalue weighted by Gasteiger charge is 2.23. The molecule has 0 fully saturated rings. The summed E-state index contributed by atoms with van der Waals surface area (Å²) in [5.41, 5.74) is -0.496. The van der Waals surface area contributed by atoms with Crippen LogP contribution < -0.4 is 9.47 Å². The normalized spacial score (nSPS) is 12.8. The number of carbonyl (C=O) groups excluding carboxylic acids is 2. The third-order valence-electron chi connectivity index (χ3n) is 3.78. The molecule has 3 rings (SSSR count). The van der Waals surface area contributed by atoms with Gasteiger partial charge in [0, 0.05) is 23.1 Å². The van der Waals surface area contributed by atoms with E-state index in [1.807, 2.05) is 0 Å². The molecular formula is C18H14ClNO7. The van der Waals surface area contributed by atoms with Gasteiger partial charge in [0.2, 0.25) is 0 Å². The molecule has 1 aliphatic rings. The van der Waals surface area contributed by atoms with Crippen LogP contribution in [0.2, 0.25) is 5.02 Å². The average Bonchev–Trinajstić information content (AvgIpc) is 2.90. The number of esters is 1. The molecule has 1 heterocycles. The van der Waals surface area contributed by atoms with Crippen molar-refractivity contribution in [1.29, 1.82) is 0 Å². The first-order chi connectivity index (χ1) is 13.0. The van der Waals surface area contributed by atoms with Crippen molar-refractivity contribution in [2.45, 2.75) is 6.42 Å². The molecule has 8 nitrogen and oxygen atoms in total. The maximum absolute atomic E-state index is 12.3. The van der Waals surface area contributed by atoms with Crippen molar-refractivity contribution in [3.63, 3.8) is 0 Å². The van der Waals surface area contributed by atoms with Crippen LogP contribution in [0.25, 0.3) is 0 Å². The Balaban J connectivity index is 1.70. The topological polar surface area (TPSA) is 105 Å². The fraction of sp³-hybridized carbons (Fsp3) is 0.222. The molecule has 0 aliphatic carbocycles. The molecular weight excluding hydrogens is 378 g/mol. The van der Waals surface area contributed by atoms with Crippen molar-refractivity contribution < 1.29 is 28.7 Å². The Morgan fingerprint density at radius 2 is 1.85 bits per heavy atom. The number of carbonyl (C=O) groups is 2. The van der Waals surface area contributed by atoms with Gasteiger partial charge in [-0.05, 0) is 30.3 Å². The monoisotopic (exact) mass is 391 g/mol. The minimum Gasteiger partial charge on any atom is -0.490 e. The fourth-order valence-electron chi connectivity index (χ4n) is 2.46. The Morgan fingerprint density at radius 1 is 1.11 bits per heavy atom. The van der Waals surface area contributed by atoms with Crippen LogP contribution in [0.15, 0.2) is 36.4 Å². The van der Waals surface area contributed by atoms with E-state index in [0.29, 0.717) is 24.7 Å². The number of hydrogen-bond donors (Lipinski definition) is 0. The fourth-order valence-corrected chi connectivity index (χ4v) is 2.62. The highest BCUT2D eigenvalue weighted by atomic mass is 35.5. The SMILES string of the molecule is O=C(COC(=O)c1ccc(Cl)cc1[N+](=O)[O-])c1ccc2c(c1)OCCCO2. The van der Waals surface area contributed by atoms with E-state index in [1.165, 1.54) is 24.3 Å². The molecule has 0 aromatic heterocycles. The molecule has 9 heteroatoms. The van der Waals surface area contributed by atoms with E-state index in [9.17, 15) is 19.7 Å². The maximum Gasteiger partial charge on any atom is 0.345 e. The molecule has 0 amide bonds. The molecule has 0 bridgehead atoms. The second-order valence-electron chi connectivity index (χ2n) is 5.63. The maximum atomic E-state index is 12.3. The lowest BCUT2D eigenvalue weighted by Gasteiger charge is -2.09. The molecule has 0 spiro atoms. The van der Waals surface area contributed by atoms with Crippen LogP contribution in [0.4, 0.5) is 5.69 Å². The second-order valence-corrected chi connectivity index (χ2v) is 6.07. The summed E-state index contributed by atoms with van der Waals surface area (Å²) in [6.07, 6.45) is 0.732. The molecule has 140 valence electrons. The Hall–Kier alpha value is -3.13. The first kappa shape index (κ1) is 18.7. The van der Waals surface area contributed by atoms with E-state index in [0.717, 1.165) is 12.5 Å². The minimum absolute atomic E-state index is 0.113.